The van der Waals surface area contributed by atoms with E-state index in [2.05, 4.69) is 118 Å². The third-order valence-corrected chi connectivity index (χ3v) is 8.68. The van der Waals surface area contributed by atoms with Crippen LogP contribution in [-0.4, -0.2) is 21.1 Å². The van der Waals surface area contributed by atoms with Gasteiger partial charge in [-0.3, -0.25) is 0 Å². The normalized spacial score (nSPS) is 17.1. The van der Waals surface area contributed by atoms with Gasteiger partial charge in [-0.25, -0.2) is 0 Å². The minimum absolute atomic E-state index is 0.536. The van der Waals surface area contributed by atoms with Crippen molar-refractivity contribution < 1.29 is 4.49 Å². The maximum absolute atomic E-state index is 7.08. The first-order chi connectivity index (χ1) is 16.2. The molecule has 2 aliphatic rings. The fraction of sp³-hybridized carbons (Fsp3) is 0.300. The van der Waals surface area contributed by atoms with Gasteiger partial charge in [-0.15, -0.1) is 10.9 Å². The van der Waals surface area contributed by atoms with Crippen molar-refractivity contribution in [2.24, 2.45) is 5.92 Å². The summed E-state index contributed by atoms with van der Waals surface area (Å²) in [4.78, 5) is 0. The number of nitrogens with zero attached hydrogens (tertiary/aromatic N) is 2. The number of fused-ring (bicyclic) bond motifs is 2. The van der Waals surface area contributed by atoms with Gasteiger partial charge in [-0.1, -0.05) is 86.1 Å². The van der Waals surface area contributed by atoms with Crippen molar-refractivity contribution in [1.29, 1.82) is 0 Å². The Morgan fingerprint density at radius 3 is 1.85 bits per heavy atom. The largest absolute Gasteiger partial charge is 0.449 e. The molecule has 0 aliphatic carbocycles. The Hall–Kier alpha value is -2.78. The van der Waals surface area contributed by atoms with E-state index in [0.29, 0.717) is 5.92 Å². The zero-order valence-electron chi connectivity index (χ0n) is 21.4. The lowest BCUT2D eigenvalue weighted by atomic mass is 9.35. The van der Waals surface area contributed by atoms with Crippen LogP contribution in [0.15, 0.2) is 77.5 Å². The second kappa shape index (κ2) is 8.17. The molecule has 2 nitrogen and oxygen atoms in total. The van der Waals surface area contributed by atoms with E-state index in [9.17, 15) is 0 Å². The molecule has 3 heterocycles. The molecule has 0 N–H and O–H groups in total. The number of aromatic nitrogens is 1. The quantitative estimate of drug-likeness (QED) is 0.388. The number of hydrogen-bond donors (Lipinski definition) is 0. The molecule has 0 spiro atoms. The Morgan fingerprint density at radius 2 is 1.35 bits per heavy atom. The highest BCUT2D eigenvalue weighted by Crippen LogP contribution is 2.46. The Morgan fingerprint density at radius 1 is 0.824 bits per heavy atom. The lowest BCUT2D eigenvalue weighted by molar-refractivity contribution is -0.331. The number of allylic oxidation sites excluding steroid dienone is 3. The molecule has 0 saturated heterocycles. The average Bonchev–Trinajstić information content (AvgIpc) is 3.21. The van der Waals surface area contributed by atoms with Crippen LogP contribution in [0.25, 0.3) is 5.57 Å². The van der Waals surface area contributed by atoms with Crippen molar-refractivity contribution >= 4 is 40.2 Å². The zero-order chi connectivity index (χ0) is 24.4. The van der Waals surface area contributed by atoms with Crippen molar-refractivity contribution in [3.63, 3.8) is 0 Å². The van der Waals surface area contributed by atoms with Crippen LogP contribution < -0.4 is 10.9 Å². The van der Waals surface area contributed by atoms with Crippen LogP contribution in [0.2, 0.25) is 5.02 Å². The van der Waals surface area contributed by atoms with Crippen LogP contribution in [-0.2, 0) is 0 Å². The van der Waals surface area contributed by atoms with Crippen LogP contribution in [0.5, 0.6) is 0 Å². The van der Waals surface area contributed by atoms with Crippen molar-refractivity contribution in [3.8, 4) is 0 Å². The fourth-order valence-electron chi connectivity index (χ4n) is 6.55. The third kappa shape index (κ3) is 2.92. The molecule has 2 aliphatic heterocycles. The maximum Gasteiger partial charge on any atom is 0.435 e. The van der Waals surface area contributed by atoms with E-state index in [1.807, 2.05) is 0 Å². The Kier molecular flexibility index (Phi) is 5.52. The van der Waals surface area contributed by atoms with Crippen LogP contribution in [0.3, 0.4) is 0 Å². The number of halogens is 1. The minimum Gasteiger partial charge on any atom is -0.449 e. The van der Waals surface area contributed by atoms with Gasteiger partial charge in [0.05, 0.1) is 5.02 Å². The van der Waals surface area contributed by atoms with E-state index in [0.717, 1.165) is 17.1 Å². The lowest BCUT2D eigenvalue weighted by Crippen LogP contribution is -2.73. The molecular formula is C30H34BClN2. The van der Waals surface area contributed by atoms with E-state index < -0.39 is 6.42 Å². The molecule has 0 radical (unpaired) electrons. The van der Waals surface area contributed by atoms with Crippen LogP contribution >= 0.6 is 11.6 Å². The summed E-state index contributed by atoms with van der Waals surface area (Å²) in [5.74, 6) is 0.536. The number of benzene rings is 2. The van der Waals surface area contributed by atoms with Gasteiger partial charge in [0.1, 0.15) is 5.71 Å². The monoisotopic (exact) mass is 468 g/mol. The Labute approximate surface area is 209 Å². The molecule has 3 aromatic rings. The van der Waals surface area contributed by atoms with E-state index in [1.165, 1.54) is 50.3 Å². The summed E-state index contributed by atoms with van der Waals surface area (Å²) < 4.78 is 5.27. The maximum atomic E-state index is 7.08. The summed E-state index contributed by atoms with van der Waals surface area (Å²) in [5.41, 5.74) is 13.1. The van der Waals surface area contributed by atoms with Crippen LogP contribution in [0.1, 0.15) is 58.0 Å². The first-order valence-corrected chi connectivity index (χ1v) is 12.8. The highest BCUT2D eigenvalue weighted by molar-refractivity contribution is 6.96. The Bertz CT molecular complexity index is 1350. The highest BCUT2D eigenvalue weighted by Gasteiger charge is 2.54. The highest BCUT2D eigenvalue weighted by atomic mass is 35.5. The average molecular weight is 469 g/mol. The molecule has 0 amide bonds. The summed E-state index contributed by atoms with van der Waals surface area (Å²) in [6, 6.07) is 22.1. The molecule has 1 aromatic heterocycles. The van der Waals surface area contributed by atoms with Gasteiger partial charge >= 0.3 is 6.42 Å². The second-order valence-electron chi connectivity index (χ2n) is 10.5. The standard InChI is InChI=1S/C30H34BClN2/c1-19(2)18-27-29-21(4)20(3)23(6)33(29)31(25-14-10-8-11-15-25,26-16-12-9-13-17-26)34-24(7)28(32)22(5)30(27)34/h8-17,19H,18H2,1-7H3. The molecule has 0 fully saturated rings. The van der Waals surface area contributed by atoms with Crippen molar-refractivity contribution in [3.05, 3.63) is 99.5 Å². The van der Waals surface area contributed by atoms with Gasteiger partial charge in [0.2, 0.25) is 0 Å². The predicted molar refractivity (Wildman–Crippen MR) is 148 cm³/mol. The smallest absolute Gasteiger partial charge is 0.435 e. The summed E-state index contributed by atoms with van der Waals surface area (Å²) in [6.45, 7) is 15.9. The molecule has 0 unspecified atom stereocenters. The molecule has 4 heteroatoms. The Balaban J connectivity index is 2.07. The van der Waals surface area contributed by atoms with Crippen LogP contribution in [0.4, 0.5) is 0 Å². The topological polar surface area (TPSA) is 7.94 Å². The van der Waals surface area contributed by atoms with Gasteiger partial charge in [-0.05, 0) is 51.3 Å². The van der Waals surface area contributed by atoms with E-state index in [-0.39, 0.29) is 0 Å². The summed E-state index contributed by atoms with van der Waals surface area (Å²) in [6.07, 6.45) is -0.538. The predicted octanol–water partition coefficient (Wildman–Crippen LogP) is 6.46. The minimum atomic E-state index is -1.55. The summed E-state index contributed by atoms with van der Waals surface area (Å²) >= 11 is 7.08. The number of rotatable bonds is 4. The van der Waals surface area contributed by atoms with Crippen LogP contribution in [0, 0.1) is 19.8 Å². The van der Waals surface area contributed by atoms with Crippen molar-refractivity contribution in [2.75, 3.05) is 0 Å². The molecule has 34 heavy (non-hydrogen) atoms. The fourth-order valence-corrected chi connectivity index (χ4v) is 6.73. The molecule has 0 bridgehead atoms. The van der Waals surface area contributed by atoms with Gasteiger partial charge in [-0.2, -0.15) is 0 Å². The van der Waals surface area contributed by atoms with E-state index >= 15 is 0 Å². The molecule has 5 rings (SSSR count). The van der Waals surface area contributed by atoms with Gasteiger partial charge in [0, 0.05) is 29.3 Å². The molecule has 174 valence electrons. The summed E-state index contributed by atoms with van der Waals surface area (Å²) in [7, 11) is 0. The van der Waals surface area contributed by atoms with E-state index in [4.69, 9.17) is 11.6 Å². The first-order valence-electron chi connectivity index (χ1n) is 12.4. The van der Waals surface area contributed by atoms with E-state index in [1.54, 1.807) is 0 Å². The third-order valence-electron chi connectivity index (χ3n) is 8.13. The molecule has 2 aromatic carbocycles. The van der Waals surface area contributed by atoms with Gasteiger partial charge < -0.3 is 8.96 Å². The molecule has 0 saturated carbocycles. The van der Waals surface area contributed by atoms with Crippen molar-refractivity contribution in [2.45, 2.75) is 54.9 Å². The lowest BCUT2D eigenvalue weighted by Gasteiger charge is -2.46. The SMILES string of the molecule is CC1=C(C)C(C)=[N+]2C1=C(CC(C)C)c1c(C)c(Cl)c(C)n1[B-]2(c1ccccc1)c1ccccc1. The van der Waals surface area contributed by atoms with Crippen molar-refractivity contribution in [1.82, 2.24) is 4.48 Å². The second-order valence-corrected chi connectivity index (χ2v) is 10.8. The zero-order valence-corrected chi connectivity index (χ0v) is 22.2. The molecular weight excluding hydrogens is 435 g/mol. The summed E-state index contributed by atoms with van der Waals surface area (Å²) in [5, 5.41) is 0.882. The first kappa shape index (κ1) is 23.0. The van der Waals surface area contributed by atoms with Gasteiger partial charge in [0.15, 0.2) is 5.70 Å². The number of hydrogen-bond acceptors (Lipinski definition) is 0. The van der Waals surface area contributed by atoms with Gasteiger partial charge in [0.25, 0.3) is 0 Å². The molecule has 0 atom stereocenters.